The van der Waals surface area contributed by atoms with Gasteiger partial charge in [0.15, 0.2) is 0 Å². The third-order valence-electron chi connectivity index (χ3n) is 1.82. The van der Waals surface area contributed by atoms with Crippen molar-refractivity contribution < 1.29 is 13.9 Å². The van der Waals surface area contributed by atoms with E-state index in [1.54, 1.807) is 12.3 Å². The maximum Gasteiger partial charge on any atom is 0.348 e. The summed E-state index contributed by atoms with van der Waals surface area (Å²) in [6, 6.07) is 5.44. The van der Waals surface area contributed by atoms with Crippen LogP contribution in [0.25, 0.3) is 11.3 Å². The monoisotopic (exact) mass is 208 g/mol. The summed E-state index contributed by atoms with van der Waals surface area (Å²) < 4.78 is 9.88. The fourth-order valence-electron chi connectivity index (χ4n) is 1.19. The van der Waals surface area contributed by atoms with E-state index >= 15 is 0 Å². The Hall–Kier alpha value is -1.55. The van der Waals surface area contributed by atoms with Crippen LogP contribution in [0.1, 0.15) is 9.67 Å². The molecule has 0 aliphatic carbocycles. The number of carbonyl (C=O) groups is 1. The van der Waals surface area contributed by atoms with Gasteiger partial charge in [-0.3, -0.25) is 0 Å². The third kappa shape index (κ3) is 1.44. The minimum absolute atomic E-state index is 0.327. The number of hydrogen-bond acceptors (Lipinski definition) is 4. The van der Waals surface area contributed by atoms with Crippen molar-refractivity contribution in [1.29, 1.82) is 0 Å². The highest BCUT2D eigenvalue weighted by molar-refractivity contribution is 7.12. The van der Waals surface area contributed by atoms with Gasteiger partial charge in [0, 0.05) is 5.56 Å². The lowest BCUT2D eigenvalue weighted by Gasteiger charge is -1.98. The molecule has 0 aliphatic heterocycles. The van der Waals surface area contributed by atoms with E-state index in [4.69, 9.17) is 4.42 Å². The molecule has 3 nitrogen and oxygen atoms in total. The van der Waals surface area contributed by atoms with E-state index in [-0.39, 0.29) is 5.97 Å². The van der Waals surface area contributed by atoms with Gasteiger partial charge in [0.2, 0.25) is 0 Å². The molecule has 0 atom stereocenters. The van der Waals surface area contributed by atoms with Gasteiger partial charge in [0.05, 0.1) is 13.4 Å². The van der Waals surface area contributed by atoms with Gasteiger partial charge in [-0.05, 0) is 23.6 Å². The lowest BCUT2D eigenvalue weighted by atomic mass is 10.2. The normalized spacial score (nSPS) is 10.1. The fourth-order valence-corrected chi connectivity index (χ4v) is 2.00. The Morgan fingerprint density at radius 2 is 2.36 bits per heavy atom. The maximum absolute atomic E-state index is 11.3. The lowest BCUT2D eigenvalue weighted by molar-refractivity contribution is 0.0607. The van der Waals surface area contributed by atoms with Crippen LogP contribution in [-0.4, -0.2) is 13.1 Å². The van der Waals surface area contributed by atoms with E-state index in [9.17, 15) is 4.79 Å². The van der Waals surface area contributed by atoms with Gasteiger partial charge in [-0.25, -0.2) is 4.79 Å². The van der Waals surface area contributed by atoms with Gasteiger partial charge in [-0.15, -0.1) is 11.3 Å². The lowest BCUT2D eigenvalue weighted by Crippen LogP contribution is -1.99. The van der Waals surface area contributed by atoms with Gasteiger partial charge in [0.25, 0.3) is 0 Å². The van der Waals surface area contributed by atoms with E-state index in [2.05, 4.69) is 4.74 Å². The van der Waals surface area contributed by atoms with E-state index in [1.165, 1.54) is 18.4 Å². The summed E-state index contributed by atoms with van der Waals surface area (Å²) in [7, 11) is 1.37. The van der Waals surface area contributed by atoms with Crippen molar-refractivity contribution >= 4 is 17.3 Å². The molecule has 2 rings (SSSR count). The molecule has 72 valence electrons. The summed E-state index contributed by atoms with van der Waals surface area (Å²) in [4.78, 5) is 11.9. The molecule has 0 aliphatic rings. The van der Waals surface area contributed by atoms with Crippen molar-refractivity contribution in [2.75, 3.05) is 7.11 Å². The summed E-state index contributed by atoms with van der Waals surface area (Å²) >= 11 is 1.35. The fraction of sp³-hybridized carbons (Fsp3) is 0.100. The van der Waals surface area contributed by atoms with Crippen molar-refractivity contribution in [3.05, 3.63) is 34.7 Å². The molecule has 0 spiro atoms. The van der Waals surface area contributed by atoms with E-state index in [1.807, 2.05) is 17.5 Å². The average molecular weight is 208 g/mol. The predicted octanol–water partition coefficient (Wildman–Crippen LogP) is 2.79. The minimum atomic E-state index is -0.327. The summed E-state index contributed by atoms with van der Waals surface area (Å²) in [6.45, 7) is 0. The van der Waals surface area contributed by atoms with Crippen LogP contribution in [0.15, 0.2) is 34.3 Å². The molecule has 0 saturated heterocycles. The molecule has 0 amide bonds. The topological polar surface area (TPSA) is 39.4 Å². The average Bonchev–Trinajstić information content (AvgIpc) is 2.85. The van der Waals surface area contributed by atoms with E-state index in [0.717, 1.165) is 5.56 Å². The zero-order valence-corrected chi connectivity index (χ0v) is 8.34. The number of furan rings is 1. The number of rotatable bonds is 2. The van der Waals surface area contributed by atoms with Crippen LogP contribution in [0.2, 0.25) is 0 Å². The molecule has 0 bridgehead atoms. The highest BCUT2D eigenvalue weighted by Crippen LogP contribution is 2.28. The van der Waals surface area contributed by atoms with Crippen LogP contribution in [0.3, 0.4) is 0 Å². The second kappa shape index (κ2) is 3.67. The Kier molecular flexibility index (Phi) is 2.37. The highest BCUT2D eigenvalue weighted by atomic mass is 32.1. The second-order valence-electron chi connectivity index (χ2n) is 2.63. The van der Waals surface area contributed by atoms with Crippen molar-refractivity contribution in [3.63, 3.8) is 0 Å². The predicted molar refractivity (Wildman–Crippen MR) is 53.4 cm³/mol. The summed E-state index contributed by atoms with van der Waals surface area (Å²) in [5, 5.41) is 1.84. The highest BCUT2D eigenvalue weighted by Gasteiger charge is 2.16. The Labute approximate surface area is 84.9 Å². The van der Waals surface area contributed by atoms with Gasteiger partial charge in [-0.2, -0.15) is 0 Å². The van der Waals surface area contributed by atoms with Crippen LogP contribution < -0.4 is 0 Å². The summed E-state index contributed by atoms with van der Waals surface area (Å²) in [5.41, 5.74) is 0.784. The van der Waals surface area contributed by atoms with Gasteiger partial charge < -0.3 is 9.15 Å². The first-order valence-corrected chi connectivity index (χ1v) is 4.90. The number of carbonyl (C=O) groups excluding carboxylic acids is 1. The molecule has 0 N–H and O–H groups in total. The van der Waals surface area contributed by atoms with Crippen LogP contribution >= 0.6 is 11.3 Å². The molecule has 0 saturated carbocycles. The van der Waals surface area contributed by atoms with Gasteiger partial charge in [0.1, 0.15) is 10.6 Å². The number of thiophene rings is 1. The first kappa shape index (κ1) is 9.02. The van der Waals surface area contributed by atoms with Gasteiger partial charge in [-0.1, -0.05) is 0 Å². The van der Waals surface area contributed by atoms with Crippen LogP contribution in [-0.2, 0) is 4.74 Å². The minimum Gasteiger partial charge on any atom is -0.465 e. The Balaban J connectivity index is 2.45. The molecule has 0 aromatic carbocycles. The zero-order chi connectivity index (χ0) is 9.97. The molecular weight excluding hydrogens is 200 g/mol. The quantitative estimate of drug-likeness (QED) is 0.712. The largest absolute Gasteiger partial charge is 0.465 e. The van der Waals surface area contributed by atoms with Crippen LogP contribution in [0.5, 0.6) is 0 Å². The molecule has 0 fully saturated rings. The van der Waals surface area contributed by atoms with Crippen molar-refractivity contribution in [2.45, 2.75) is 0 Å². The van der Waals surface area contributed by atoms with E-state index in [0.29, 0.717) is 10.6 Å². The molecule has 4 heteroatoms. The molecular formula is C10H8O3S. The van der Waals surface area contributed by atoms with Crippen molar-refractivity contribution in [3.8, 4) is 11.3 Å². The molecule has 0 unspecified atom stereocenters. The smallest absolute Gasteiger partial charge is 0.348 e. The zero-order valence-electron chi connectivity index (χ0n) is 7.52. The number of hydrogen-bond donors (Lipinski definition) is 0. The van der Waals surface area contributed by atoms with Crippen LogP contribution in [0.4, 0.5) is 0 Å². The van der Waals surface area contributed by atoms with Crippen molar-refractivity contribution in [1.82, 2.24) is 0 Å². The summed E-state index contributed by atoms with van der Waals surface area (Å²) in [5.74, 6) is 0.359. The first-order chi connectivity index (χ1) is 6.83. The van der Waals surface area contributed by atoms with Crippen molar-refractivity contribution in [2.24, 2.45) is 0 Å². The number of ether oxygens (including phenoxy) is 1. The molecule has 0 radical (unpaired) electrons. The Morgan fingerprint density at radius 1 is 1.50 bits per heavy atom. The second-order valence-corrected chi connectivity index (χ2v) is 3.55. The van der Waals surface area contributed by atoms with E-state index < -0.39 is 0 Å². The molecule has 2 aromatic heterocycles. The standard InChI is InChI=1S/C10H8O3S/c1-12-10(11)9-7(4-6-14-9)8-3-2-5-13-8/h2-6H,1H3. The number of esters is 1. The molecule has 2 aromatic rings. The van der Waals surface area contributed by atoms with Gasteiger partial charge >= 0.3 is 5.97 Å². The number of methoxy groups -OCH3 is 1. The molecule has 14 heavy (non-hydrogen) atoms. The SMILES string of the molecule is COC(=O)c1sccc1-c1ccco1. The maximum atomic E-state index is 11.3. The summed E-state index contributed by atoms with van der Waals surface area (Å²) in [6.07, 6.45) is 1.58. The Bertz CT molecular complexity index is 428. The first-order valence-electron chi connectivity index (χ1n) is 4.02. The third-order valence-corrected chi connectivity index (χ3v) is 2.72. The Morgan fingerprint density at radius 3 is 3.00 bits per heavy atom. The molecule has 2 heterocycles. The van der Waals surface area contributed by atoms with Crippen LogP contribution in [0, 0.1) is 0 Å².